The number of H-pyrrole nitrogens is 1. The fourth-order valence-corrected chi connectivity index (χ4v) is 9.87. The molecule has 0 spiro atoms. The highest BCUT2D eigenvalue weighted by Gasteiger charge is 2.54. The van der Waals surface area contributed by atoms with Gasteiger partial charge in [-0.3, -0.25) is 19.1 Å². The number of aliphatic hydroxyl groups excluding tert-OH is 1. The fraction of sp³-hybridized carbons (Fsp3) is 0.370. The summed E-state index contributed by atoms with van der Waals surface area (Å²) in [6.07, 6.45) is -1.46. The van der Waals surface area contributed by atoms with E-state index >= 15 is 0 Å². The zero-order chi connectivity index (χ0) is 26.1. The molecule has 2 N–H and O–H groups in total. The lowest BCUT2D eigenvalue weighted by Crippen LogP contribution is -2.68. The molecule has 0 aliphatic carbocycles. The van der Waals surface area contributed by atoms with Crippen LogP contribution in [0.1, 0.15) is 49.5 Å². The van der Waals surface area contributed by atoms with Gasteiger partial charge in [-0.15, -0.1) is 0 Å². The number of aromatic nitrogens is 2. The molecule has 9 heteroatoms. The van der Waals surface area contributed by atoms with E-state index in [1.165, 1.54) is 6.92 Å². The minimum atomic E-state index is -2.96. The van der Waals surface area contributed by atoms with Crippen molar-refractivity contribution in [2.45, 2.75) is 57.6 Å². The number of nitrogens with zero attached hydrogens (tertiary/aromatic N) is 1. The number of carbonyl (C=O) groups is 1. The maximum Gasteiger partial charge on any atom is 0.331 e. The zero-order valence-corrected chi connectivity index (χ0v) is 21.9. The summed E-state index contributed by atoms with van der Waals surface area (Å²) in [6, 6.07) is 20.2. The van der Waals surface area contributed by atoms with E-state index in [1.807, 2.05) is 36.4 Å². The number of carbonyl (C=O) groups excluding carboxylic acids is 1. The van der Waals surface area contributed by atoms with E-state index in [-0.39, 0.29) is 29.3 Å². The van der Waals surface area contributed by atoms with Gasteiger partial charge >= 0.3 is 5.69 Å². The third-order valence-corrected chi connectivity index (χ3v) is 12.0. The molecule has 1 unspecified atom stereocenters. The van der Waals surface area contributed by atoms with E-state index in [1.54, 1.807) is 0 Å². The van der Waals surface area contributed by atoms with Crippen LogP contribution in [0.5, 0.6) is 0 Å². The molecule has 3 atom stereocenters. The first-order chi connectivity index (χ1) is 17.1. The summed E-state index contributed by atoms with van der Waals surface area (Å²) in [5.41, 5.74) is -1.27. The van der Waals surface area contributed by atoms with Crippen molar-refractivity contribution in [2.75, 3.05) is 6.61 Å². The van der Waals surface area contributed by atoms with Crippen LogP contribution in [0.25, 0.3) is 0 Å². The van der Waals surface area contributed by atoms with Crippen molar-refractivity contribution in [3.05, 3.63) is 92.8 Å². The molecular weight excluding hydrogens is 476 g/mol. The summed E-state index contributed by atoms with van der Waals surface area (Å²) in [4.78, 5) is 38.9. The van der Waals surface area contributed by atoms with E-state index in [4.69, 9.17) is 9.16 Å². The number of benzene rings is 2. The van der Waals surface area contributed by atoms with Crippen LogP contribution >= 0.6 is 0 Å². The van der Waals surface area contributed by atoms with Crippen LogP contribution in [0, 0.1) is 6.92 Å². The van der Waals surface area contributed by atoms with Crippen LogP contribution in [0.4, 0.5) is 0 Å². The lowest BCUT2D eigenvalue weighted by atomic mass is 10.2. The predicted octanol–water partition coefficient (Wildman–Crippen LogP) is 1.88. The second-order valence-corrected chi connectivity index (χ2v) is 14.4. The molecule has 3 aromatic rings. The van der Waals surface area contributed by atoms with Crippen molar-refractivity contribution < 1.29 is 19.1 Å². The number of aliphatic hydroxyl groups is 1. The molecule has 190 valence electrons. The highest BCUT2D eigenvalue weighted by atomic mass is 28.4. The monoisotopic (exact) mass is 508 g/mol. The summed E-state index contributed by atoms with van der Waals surface area (Å²) < 4.78 is 14.4. The molecule has 0 amide bonds. The van der Waals surface area contributed by atoms with Gasteiger partial charge in [0.05, 0.1) is 18.4 Å². The molecule has 4 rings (SSSR count). The largest absolute Gasteiger partial charge is 0.402 e. The minimum absolute atomic E-state index is 0.0449. The number of aromatic amines is 1. The normalized spacial score (nSPS) is 20.4. The van der Waals surface area contributed by atoms with Gasteiger partial charge in [0.1, 0.15) is 12.3 Å². The van der Waals surface area contributed by atoms with Crippen molar-refractivity contribution in [1.29, 1.82) is 0 Å². The van der Waals surface area contributed by atoms with Crippen LogP contribution < -0.4 is 21.6 Å². The number of ether oxygens (including phenoxy) is 1. The molecule has 1 aliphatic rings. The van der Waals surface area contributed by atoms with E-state index in [0.29, 0.717) is 6.29 Å². The average Bonchev–Trinajstić information content (AvgIpc) is 3.27. The Morgan fingerprint density at radius 3 is 2.11 bits per heavy atom. The van der Waals surface area contributed by atoms with Gasteiger partial charge in [0.2, 0.25) is 0 Å². The summed E-state index contributed by atoms with van der Waals surface area (Å²) in [5, 5.41) is 12.1. The molecule has 0 saturated carbocycles. The molecule has 8 nitrogen and oxygen atoms in total. The van der Waals surface area contributed by atoms with Crippen LogP contribution in [0.15, 0.2) is 70.3 Å². The summed E-state index contributed by atoms with van der Waals surface area (Å²) in [5.74, 6) is 0. The summed E-state index contributed by atoms with van der Waals surface area (Å²) in [7, 11) is -2.96. The Labute approximate surface area is 210 Å². The Hall–Kier alpha value is -3.11. The molecule has 0 radical (unpaired) electrons. The Bertz CT molecular complexity index is 1290. The number of nitrogens with one attached hydrogen (secondary N) is 1. The molecule has 1 fully saturated rings. The molecule has 0 bridgehead atoms. The van der Waals surface area contributed by atoms with Gasteiger partial charge < -0.3 is 14.3 Å². The Morgan fingerprint density at radius 2 is 1.64 bits per heavy atom. The number of aldehydes is 1. The maximum atomic E-state index is 12.7. The standard InChI is InChI=1S/C27H32N2O6Si/c1-18-21(16-30)29(26(33)28-25(18)32)24-15-22(23(17-31)34-24)35-36(27(2,3)4,19-11-7-5-8-12-19)20-13-9-6-10-14-20/h5-14,16,22-24,31H,15,17H2,1-4H3,(H,28,32,33)/t22?,23-,24-/m1/s1. The topological polar surface area (TPSA) is 111 Å². The quantitative estimate of drug-likeness (QED) is 0.373. The Kier molecular flexibility index (Phi) is 7.28. The molecule has 36 heavy (non-hydrogen) atoms. The van der Waals surface area contributed by atoms with Gasteiger partial charge in [-0.1, -0.05) is 81.4 Å². The number of rotatable bonds is 7. The third-order valence-electron chi connectivity index (χ3n) is 6.93. The van der Waals surface area contributed by atoms with Gasteiger partial charge in [-0.2, -0.15) is 0 Å². The molecule has 1 aliphatic heterocycles. The maximum absolute atomic E-state index is 12.7. The van der Waals surface area contributed by atoms with Gasteiger partial charge in [0.25, 0.3) is 13.9 Å². The lowest BCUT2D eigenvalue weighted by molar-refractivity contribution is -0.0438. The third kappa shape index (κ3) is 4.43. The first-order valence-electron chi connectivity index (χ1n) is 12.0. The van der Waals surface area contributed by atoms with Crippen LogP contribution in [-0.2, 0) is 9.16 Å². The summed E-state index contributed by atoms with van der Waals surface area (Å²) >= 11 is 0. The van der Waals surface area contributed by atoms with E-state index in [2.05, 4.69) is 50.0 Å². The molecule has 1 aromatic heterocycles. The minimum Gasteiger partial charge on any atom is -0.402 e. The highest BCUT2D eigenvalue weighted by molar-refractivity contribution is 6.99. The van der Waals surface area contributed by atoms with Crippen LogP contribution in [0.3, 0.4) is 0 Å². The summed E-state index contributed by atoms with van der Waals surface area (Å²) in [6.45, 7) is 7.61. The molecule has 2 heterocycles. The van der Waals surface area contributed by atoms with Crippen LogP contribution in [-0.4, -0.2) is 48.1 Å². The van der Waals surface area contributed by atoms with Crippen LogP contribution in [0.2, 0.25) is 5.04 Å². The first-order valence-corrected chi connectivity index (χ1v) is 13.9. The van der Waals surface area contributed by atoms with Gasteiger partial charge in [-0.05, 0) is 22.3 Å². The van der Waals surface area contributed by atoms with Crippen molar-refractivity contribution >= 4 is 25.0 Å². The van der Waals surface area contributed by atoms with Crippen molar-refractivity contribution in [3.8, 4) is 0 Å². The molecule has 2 aromatic carbocycles. The number of hydrogen-bond acceptors (Lipinski definition) is 6. The van der Waals surface area contributed by atoms with Crippen molar-refractivity contribution in [2.24, 2.45) is 0 Å². The average molecular weight is 509 g/mol. The second kappa shape index (κ2) is 10.1. The van der Waals surface area contributed by atoms with E-state index in [9.17, 15) is 19.5 Å². The predicted molar refractivity (Wildman–Crippen MR) is 140 cm³/mol. The van der Waals surface area contributed by atoms with E-state index < -0.39 is 38.0 Å². The fourth-order valence-electron chi connectivity index (χ4n) is 5.15. The first kappa shape index (κ1) is 26.0. The molecular formula is C27H32N2O6Si. The Morgan fingerprint density at radius 1 is 1.08 bits per heavy atom. The van der Waals surface area contributed by atoms with Crippen molar-refractivity contribution in [1.82, 2.24) is 9.55 Å². The highest BCUT2D eigenvalue weighted by Crippen LogP contribution is 2.41. The second-order valence-electron chi connectivity index (χ2n) is 10.1. The van der Waals surface area contributed by atoms with Gasteiger partial charge in [-0.25, -0.2) is 4.79 Å². The van der Waals surface area contributed by atoms with Crippen molar-refractivity contribution in [3.63, 3.8) is 0 Å². The smallest absolute Gasteiger partial charge is 0.331 e. The number of hydrogen-bond donors (Lipinski definition) is 2. The zero-order valence-electron chi connectivity index (χ0n) is 20.9. The SMILES string of the molecule is Cc1c(C=O)n([C@H]2CC(O[Si](c3ccccc3)(c3ccccc3)C(C)(C)C)[C@@H](CO)O2)c(=O)[nH]c1=O. The molecule has 1 saturated heterocycles. The van der Waals surface area contributed by atoms with E-state index in [0.717, 1.165) is 14.9 Å². The Balaban J connectivity index is 1.83. The van der Waals surface area contributed by atoms with Gasteiger partial charge in [0.15, 0.2) is 6.29 Å². The lowest BCUT2D eigenvalue weighted by Gasteiger charge is -2.45. The van der Waals surface area contributed by atoms with Gasteiger partial charge in [0, 0.05) is 12.0 Å².